The molecule has 1 aromatic rings. The fraction of sp³-hybridized carbons (Fsp3) is 0.600. The molecular weight excluding hydrogens is 263 g/mol. The number of nitrogens with one attached hydrogen (secondary N) is 1. The first-order chi connectivity index (χ1) is 9.15. The maximum absolute atomic E-state index is 14.5. The number of benzene rings is 1. The van der Waals surface area contributed by atoms with Crippen molar-refractivity contribution in [2.45, 2.75) is 32.7 Å². The van der Waals surface area contributed by atoms with Crippen LogP contribution in [0, 0.1) is 12.7 Å². The van der Waals surface area contributed by atoms with E-state index in [1.54, 1.807) is 13.0 Å². The van der Waals surface area contributed by atoms with Crippen LogP contribution in [0.3, 0.4) is 0 Å². The van der Waals surface area contributed by atoms with Gasteiger partial charge in [-0.15, -0.1) is 0 Å². The molecule has 1 aliphatic heterocycles. The van der Waals surface area contributed by atoms with E-state index >= 15 is 0 Å². The van der Waals surface area contributed by atoms with Crippen molar-refractivity contribution < 1.29 is 4.39 Å². The van der Waals surface area contributed by atoms with Crippen LogP contribution in [0.2, 0.25) is 5.02 Å². The molecule has 1 aromatic carbocycles. The Balaban J connectivity index is 2.35. The Hall–Kier alpha value is -0.640. The summed E-state index contributed by atoms with van der Waals surface area (Å²) in [7, 11) is 0. The molecule has 1 N–H and O–H groups in total. The highest BCUT2D eigenvalue weighted by Crippen LogP contribution is 2.34. The zero-order valence-electron chi connectivity index (χ0n) is 11.7. The van der Waals surface area contributed by atoms with E-state index in [9.17, 15) is 4.39 Å². The zero-order valence-corrected chi connectivity index (χ0v) is 12.4. The molecule has 0 amide bonds. The van der Waals surface area contributed by atoms with Gasteiger partial charge in [-0.25, -0.2) is 4.39 Å². The molecular formula is C15H22ClFN2. The predicted octanol–water partition coefficient (Wildman–Crippen LogP) is 3.53. The van der Waals surface area contributed by atoms with Crippen LogP contribution >= 0.6 is 11.6 Å². The third-order valence-electron chi connectivity index (χ3n) is 3.81. The van der Waals surface area contributed by atoms with Gasteiger partial charge in [0, 0.05) is 42.8 Å². The summed E-state index contributed by atoms with van der Waals surface area (Å²) in [5.41, 5.74) is 1.36. The normalized spacial score (nSPS) is 18.5. The fourth-order valence-electron chi connectivity index (χ4n) is 2.76. The molecule has 1 heterocycles. The monoisotopic (exact) mass is 284 g/mol. The summed E-state index contributed by atoms with van der Waals surface area (Å²) >= 11 is 6.27. The molecule has 0 radical (unpaired) electrons. The largest absolute Gasteiger partial charge is 0.314 e. The van der Waals surface area contributed by atoms with Crippen molar-refractivity contribution in [2.24, 2.45) is 0 Å². The van der Waals surface area contributed by atoms with Crippen LogP contribution in [0.4, 0.5) is 4.39 Å². The van der Waals surface area contributed by atoms with E-state index in [0.29, 0.717) is 16.1 Å². The number of halogens is 2. The van der Waals surface area contributed by atoms with Crippen molar-refractivity contribution in [3.05, 3.63) is 34.1 Å². The second-order valence-corrected chi connectivity index (χ2v) is 5.59. The molecule has 0 unspecified atom stereocenters. The van der Waals surface area contributed by atoms with Crippen molar-refractivity contribution in [3.63, 3.8) is 0 Å². The van der Waals surface area contributed by atoms with Crippen molar-refractivity contribution in [2.75, 3.05) is 26.2 Å². The molecule has 4 heteroatoms. The van der Waals surface area contributed by atoms with E-state index in [1.165, 1.54) is 0 Å². The van der Waals surface area contributed by atoms with Crippen LogP contribution in [0.5, 0.6) is 0 Å². The molecule has 2 rings (SSSR count). The molecule has 0 bridgehead atoms. The fourth-order valence-corrected chi connectivity index (χ4v) is 3.03. The van der Waals surface area contributed by atoms with E-state index in [1.807, 2.05) is 6.07 Å². The zero-order chi connectivity index (χ0) is 13.8. The van der Waals surface area contributed by atoms with Gasteiger partial charge in [0.2, 0.25) is 0 Å². The van der Waals surface area contributed by atoms with Gasteiger partial charge in [0.1, 0.15) is 5.82 Å². The lowest BCUT2D eigenvalue weighted by atomic mass is 9.97. The molecule has 1 fully saturated rings. The van der Waals surface area contributed by atoms with E-state index in [-0.39, 0.29) is 11.9 Å². The quantitative estimate of drug-likeness (QED) is 0.910. The molecule has 0 saturated carbocycles. The predicted molar refractivity (Wildman–Crippen MR) is 78.2 cm³/mol. The minimum atomic E-state index is -0.135. The average molecular weight is 285 g/mol. The molecule has 19 heavy (non-hydrogen) atoms. The highest BCUT2D eigenvalue weighted by Gasteiger charge is 2.26. The molecule has 1 saturated heterocycles. The summed E-state index contributed by atoms with van der Waals surface area (Å²) in [5, 5.41) is 3.89. The molecule has 0 aromatic heterocycles. The summed E-state index contributed by atoms with van der Waals surface area (Å²) in [6.07, 6.45) is 1.97. The number of nitrogens with zero attached hydrogens (tertiary/aromatic N) is 1. The second-order valence-electron chi connectivity index (χ2n) is 5.18. The Bertz CT molecular complexity index is 430. The molecule has 106 valence electrons. The Morgan fingerprint density at radius 3 is 2.68 bits per heavy atom. The van der Waals surface area contributed by atoms with Gasteiger partial charge < -0.3 is 5.32 Å². The first-order valence-corrected chi connectivity index (χ1v) is 7.42. The van der Waals surface area contributed by atoms with Crippen LogP contribution in [0.25, 0.3) is 0 Å². The van der Waals surface area contributed by atoms with E-state index in [0.717, 1.165) is 39.0 Å². The summed E-state index contributed by atoms with van der Waals surface area (Å²) in [6, 6.07) is 3.67. The molecule has 1 atom stereocenters. The van der Waals surface area contributed by atoms with Crippen LogP contribution in [0.15, 0.2) is 12.1 Å². The Morgan fingerprint density at radius 1 is 1.37 bits per heavy atom. The SMILES string of the molecule is CCC[C@@H](c1c(Cl)ccc(C)c1F)N1CCNCC1. The number of aryl methyl sites for hydroxylation is 1. The third-order valence-corrected chi connectivity index (χ3v) is 4.14. The molecule has 0 spiro atoms. The minimum absolute atomic E-state index is 0.0968. The first-order valence-electron chi connectivity index (χ1n) is 7.04. The van der Waals surface area contributed by atoms with Gasteiger partial charge in [0.05, 0.1) is 0 Å². The first kappa shape index (κ1) is 14.8. The van der Waals surface area contributed by atoms with Gasteiger partial charge in [0.25, 0.3) is 0 Å². The van der Waals surface area contributed by atoms with Gasteiger partial charge >= 0.3 is 0 Å². The smallest absolute Gasteiger partial charge is 0.132 e. The summed E-state index contributed by atoms with van der Waals surface area (Å²) < 4.78 is 14.5. The summed E-state index contributed by atoms with van der Waals surface area (Å²) in [6.45, 7) is 7.77. The average Bonchev–Trinajstić information content (AvgIpc) is 2.43. The third kappa shape index (κ3) is 3.28. The Morgan fingerprint density at radius 2 is 2.05 bits per heavy atom. The van der Waals surface area contributed by atoms with E-state index in [2.05, 4.69) is 17.1 Å². The maximum Gasteiger partial charge on any atom is 0.132 e. The van der Waals surface area contributed by atoms with E-state index in [4.69, 9.17) is 11.6 Å². The van der Waals surface area contributed by atoms with Crippen molar-refractivity contribution in [3.8, 4) is 0 Å². The number of piperazine rings is 1. The number of hydrogen-bond acceptors (Lipinski definition) is 2. The van der Waals surface area contributed by atoms with Crippen molar-refractivity contribution >= 4 is 11.6 Å². The molecule has 1 aliphatic rings. The lowest BCUT2D eigenvalue weighted by Gasteiger charge is -2.36. The van der Waals surface area contributed by atoms with Gasteiger partial charge in [0.15, 0.2) is 0 Å². The van der Waals surface area contributed by atoms with Crippen molar-refractivity contribution in [1.82, 2.24) is 10.2 Å². The second kappa shape index (κ2) is 6.69. The maximum atomic E-state index is 14.5. The highest BCUT2D eigenvalue weighted by atomic mass is 35.5. The van der Waals surface area contributed by atoms with Crippen molar-refractivity contribution in [1.29, 1.82) is 0 Å². The number of rotatable bonds is 4. The summed E-state index contributed by atoms with van der Waals surface area (Å²) in [5.74, 6) is -0.135. The molecule has 2 nitrogen and oxygen atoms in total. The summed E-state index contributed by atoms with van der Waals surface area (Å²) in [4.78, 5) is 2.35. The van der Waals surface area contributed by atoms with Gasteiger partial charge in [-0.2, -0.15) is 0 Å². The number of hydrogen-bond donors (Lipinski definition) is 1. The highest BCUT2D eigenvalue weighted by molar-refractivity contribution is 6.31. The molecule has 0 aliphatic carbocycles. The Kier molecular flexibility index (Phi) is 5.20. The lowest BCUT2D eigenvalue weighted by molar-refractivity contribution is 0.161. The minimum Gasteiger partial charge on any atom is -0.314 e. The standard InChI is InChI=1S/C15H22ClFN2/c1-3-4-13(19-9-7-18-8-10-19)14-12(16)6-5-11(2)15(14)17/h5-6,13,18H,3-4,7-10H2,1-2H3/t13-/m0/s1. The Labute approximate surface area is 119 Å². The van der Waals surface area contributed by atoms with Gasteiger partial charge in [-0.3, -0.25) is 4.90 Å². The van der Waals surface area contributed by atoms with Gasteiger partial charge in [-0.1, -0.05) is 31.0 Å². The van der Waals surface area contributed by atoms with E-state index < -0.39 is 0 Å². The van der Waals surface area contributed by atoms with Crippen LogP contribution in [0.1, 0.15) is 36.9 Å². The topological polar surface area (TPSA) is 15.3 Å². The van der Waals surface area contributed by atoms with Crippen LogP contribution in [-0.2, 0) is 0 Å². The van der Waals surface area contributed by atoms with Gasteiger partial charge in [-0.05, 0) is 25.0 Å². The van der Waals surface area contributed by atoms with Crippen LogP contribution < -0.4 is 5.32 Å². The lowest BCUT2D eigenvalue weighted by Crippen LogP contribution is -2.45. The van der Waals surface area contributed by atoms with Crippen LogP contribution in [-0.4, -0.2) is 31.1 Å².